The summed E-state index contributed by atoms with van der Waals surface area (Å²) in [6, 6.07) is 24.7. The van der Waals surface area contributed by atoms with E-state index in [1.54, 1.807) is 4.90 Å². The first-order valence-electron chi connectivity index (χ1n) is 24.2. The SMILES string of the molecule is CCCCCCCC(=O)N1CCCN(S(=O)(=O)c2ccc(C(=O)N3C[C@@H](C(=O)N[C@H]4C[C@@H]4c4ccccc4)[C@H](C(=O)N[C@H]4C[C@@H]4c4ccccc4)C3)cc2)C[C@@H]1C(=O)NCCCCCC. The molecule has 3 aromatic carbocycles. The van der Waals surface area contributed by atoms with E-state index in [-0.39, 0.29) is 90.7 Å². The second kappa shape index (κ2) is 22.4. The molecule has 2 aliphatic carbocycles. The Kier molecular flexibility index (Phi) is 16.5. The molecule has 3 N–H and O–H groups in total. The second-order valence-corrected chi connectivity index (χ2v) is 20.5. The summed E-state index contributed by atoms with van der Waals surface area (Å²) in [6.45, 7) is 5.02. The van der Waals surface area contributed by atoms with E-state index in [4.69, 9.17) is 0 Å². The third-order valence-corrected chi connectivity index (χ3v) is 15.6. The number of unbranched alkanes of at least 4 members (excludes halogenated alkanes) is 7. The molecule has 13 nitrogen and oxygen atoms in total. The van der Waals surface area contributed by atoms with Crippen LogP contribution in [0.2, 0.25) is 0 Å². The molecule has 2 aliphatic heterocycles. The van der Waals surface area contributed by atoms with Gasteiger partial charge in [-0.25, -0.2) is 8.42 Å². The zero-order valence-corrected chi connectivity index (χ0v) is 39.0. The molecular weight excluding hydrogens is 841 g/mol. The number of likely N-dealkylation sites (tertiary alicyclic amines) is 1. The molecule has 2 heterocycles. The largest absolute Gasteiger partial charge is 0.354 e. The Balaban J connectivity index is 1.02. The maximum Gasteiger partial charge on any atom is 0.253 e. The molecule has 0 unspecified atom stereocenters. The highest BCUT2D eigenvalue weighted by Gasteiger charge is 2.49. The van der Waals surface area contributed by atoms with Gasteiger partial charge in [-0.3, -0.25) is 24.0 Å². The number of nitrogens with one attached hydrogen (secondary N) is 3. The van der Waals surface area contributed by atoms with Crippen molar-refractivity contribution in [2.75, 3.05) is 39.3 Å². The van der Waals surface area contributed by atoms with Crippen molar-refractivity contribution < 1.29 is 32.4 Å². The van der Waals surface area contributed by atoms with Crippen molar-refractivity contribution >= 4 is 39.6 Å². The Bertz CT molecular complexity index is 2130. The minimum absolute atomic E-state index is 0.0331. The van der Waals surface area contributed by atoms with Crippen molar-refractivity contribution in [3.63, 3.8) is 0 Å². The first-order valence-corrected chi connectivity index (χ1v) is 25.6. The number of carbonyl (C=O) groups is 5. The molecule has 4 aliphatic rings. The van der Waals surface area contributed by atoms with Gasteiger partial charge in [0.2, 0.25) is 33.7 Å². The summed E-state index contributed by atoms with van der Waals surface area (Å²) in [5, 5.41) is 9.32. The highest BCUT2D eigenvalue weighted by molar-refractivity contribution is 7.89. The summed E-state index contributed by atoms with van der Waals surface area (Å²) in [6.07, 6.45) is 11.1. The molecule has 7 rings (SSSR count). The first kappa shape index (κ1) is 47.9. The molecule has 7 atom stereocenters. The predicted octanol–water partition coefficient (Wildman–Crippen LogP) is 6.37. The van der Waals surface area contributed by atoms with Crippen LogP contribution in [0.4, 0.5) is 0 Å². The Morgan fingerprint density at radius 3 is 1.71 bits per heavy atom. The molecule has 2 saturated carbocycles. The third kappa shape index (κ3) is 12.2. The van der Waals surface area contributed by atoms with Crippen molar-refractivity contribution in [1.82, 2.24) is 30.1 Å². The van der Waals surface area contributed by atoms with Crippen molar-refractivity contribution in [1.29, 1.82) is 0 Å². The van der Waals surface area contributed by atoms with Gasteiger partial charge in [-0.15, -0.1) is 0 Å². The molecule has 5 amide bonds. The fourth-order valence-corrected chi connectivity index (χ4v) is 11.1. The van der Waals surface area contributed by atoms with Crippen LogP contribution in [-0.4, -0.2) is 109 Å². The number of amides is 5. The van der Waals surface area contributed by atoms with E-state index in [9.17, 15) is 32.4 Å². The van der Waals surface area contributed by atoms with E-state index in [1.165, 1.54) is 33.5 Å². The average Bonchev–Trinajstić information content (AvgIpc) is 4.24. The van der Waals surface area contributed by atoms with Gasteiger partial charge in [0.25, 0.3) is 5.91 Å². The van der Waals surface area contributed by atoms with E-state index < -0.39 is 33.8 Å². The van der Waals surface area contributed by atoms with Gasteiger partial charge in [-0.2, -0.15) is 4.31 Å². The van der Waals surface area contributed by atoms with Crippen LogP contribution in [0.25, 0.3) is 0 Å². The van der Waals surface area contributed by atoms with Crippen LogP contribution in [0.3, 0.4) is 0 Å². The summed E-state index contributed by atoms with van der Waals surface area (Å²) < 4.78 is 29.9. The molecule has 0 bridgehead atoms. The molecule has 350 valence electrons. The maximum atomic E-state index is 14.3. The number of rotatable bonds is 21. The molecule has 4 fully saturated rings. The third-order valence-electron chi connectivity index (χ3n) is 13.7. The van der Waals surface area contributed by atoms with Gasteiger partial charge >= 0.3 is 0 Å². The van der Waals surface area contributed by atoms with Crippen LogP contribution in [0, 0.1) is 11.8 Å². The Morgan fingerprint density at radius 2 is 1.15 bits per heavy atom. The molecule has 3 aromatic rings. The molecule has 0 aromatic heterocycles. The van der Waals surface area contributed by atoms with Crippen LogP contribution in [0.15, 0.2) is 89.8 Å². The monoisotopic (exact) mass is 908 g/mol. The number of hydrogen-bond donors (Lipinski definition) is 3. The highest BCUT2D eigenvalue weighted by Crippen LogP contribution is 2.43. The molecule has 65 heavy (non-hydrogen) atoms. The molecule has 0 radical (unpaired) electrons. The average molecular weight is 909 g/mol. The molecule has 0 spiro atoms. The van der Waals surface area contributed by atoms with Crippen LogP contribution in [0.5, 0.6) is 0 Å². The maximum absolute atomic E-state index is 14.3. The topological polar surface area (TPSA) is 165 Å². The van der Waals surface area contributed by atoms with E-state index in [2.05, 4.69) is 29.8 Å². The van der Waals surface area contributed by atoms with Gasteiger partial charge in [0.05, 0.1) is 16.7 Å². The van der Waals surface area contributed by atoms with Crippen LogP contribution >= 0.6 is 0 Å². The predicted molar refractivity (Wildman–Crippen MR) is 250 cm³/mol. The number of nitrogens with zero attached hydrogens (tertiary/aromatic N) is 3. The fraction of sp³-hybridized carbons (Fsp3) is 0.549. The Labute approximate surface area is 385 Å². The number of sulfonamides is 1. The lowest BCUT2D eigenvalue weighted by Crippen LogP contribution is -2.53. The zero-order valence-electron chi connectivity index (χ0n) is 38.2. The van der Waals surface area contributed by atoms with Gasteiger partial charge in [-0.05, 0) is 67.5 Å². The quantitative estimate of drug-likeness (QED) is 0.105. The number of hydrogen-bond acceptors (Lipinski definition) is 7. The summed E-state index contributed by atoms with van der Waals surface area (Å²) >= 11 is 0. The van der Waals surface area contributed by atoms with Gasteiger partial charge in [0, 0.05) is 75.2 Å². The lowest BCUT2D eigenvalue weighted by Gasteiger charge is -2.31. The Hall–Kier alpha value is -5.08. The van der Waals surface area contributed by atoms with Crippen molar-refractivity contribution in [2.24, 2.45) is 11.8 Å². The second-order valence-electron chi connectivity index (χ2n) is 18.5. The summed E-state index contributed by atoms with van der Waals surface area (Å²) in [4.78, 5) is 72.5. The van der Waals surface area contributed by atoms with Crippen molar-refractivity contribution in [3.8, 4) is 0 Å². The van der Waals surface area contributed by atoms with E-state index in [1.807, 2.05) is 60.7 Å². The number of benzene rings is 3. The molecule has 2 saturated heterocycles. The van der Waals surface area contributed by atoms with E-state index >= 15 is 0 Å². The standard InChI is InChI=1S/C51H68N6O7S/c1-3-5-7-9-16-23-47(58)57-30-18-29-56(35-46(57)50(61)52-28-17-8-6-4-2)65(63,64)39-26-24-38(25-27-39)51(62)55-33-42(48(59)53-44-31-40(44)36-19-12-10-13-20-36)43(34-55)49(60)54-45-32-41(45)37-21-14-11-15-22-37/h10-15,19-22,24-27,40-46H,3-9,16-18,23,28-35H2,1-2H3,(H,52,61)(H,53,59)(H,54,60)/t40-,41-,42-,43-,44+,45+,46-/m1/s1. The van der Waals surface area contributed by atoms with E-state index in [0.717, 1.165) is 81.8 Å². The van der Waals surface area contributed by atoms with Gasteiger partial charge in [-0.1, -0.05) is 119 Å². The molecule has 14 heteroatoms. The lowest BCUT2D eigenvalue weighted by atomic mass is 9.94. The lowest BCUT2D eigenvalue weighted by molar-refractivity contribution is -0.140. The number of carbonyl (C=O) groups excluding carboxylic acids is 5. The van der Waals surface area contributed by atoms with Crippen LogP contribution in [-0.2, 0) is 29.2 Å². The molecular formula is C51H68N6O7S. The zero-order chi connectivity index (χ0) is 45.9. The normalized spacial score (nSPS) is 24.2. The van der Waals surface area contributed by atoms with Gasteiger partial charge < -0.3 is 25.8 Å². The minimum atomic E-state index is -4.14. The van der Waals surface area contributed by atoms with Crippen molar-refractivity contribution in [2.45, 2.75) is 132 Å². The first-order chi connectivity index (χ1) is 31.5. The highest BCUT2D eigenvalue weighted by atomic mass is 32.2. The van der Waals surface area contributed by atoms with E-state index in [0.29, 0.717) is 19.4 Å². The van der Waals surface area contributed by atoms with Crippen LogP contribution in [0.1, 0.15) is 131 Å². The van der Waals surface area contributed by atoms with Crippen LogP contribution < -0.4 is 16.0 Å². The van der Waals surface area contributed by atoms with Gasteiger partial charge in [0.15, 0.2) is 0 Å². The van der Waals surface area contributed by atoms with Gasteiger partial charge in [0.1, 0.15) is 6.04 Å². The summed E-state index contributed by atoms with van der Waals surface area (Å²) in [5.74, 6) is -2.53. The minimum Gasteiger partial charge on any atom is -0.354 e. The fourth-order valence-electron chi connectivity index (χ4n) is 9.63. The van der Waals surface area contributed by atoms with Crippen molar-refractivity contribution in [3.05, 3.63) is 102 Å². The smallest absolute Gasteiger partial charge is 0.253 e. The summed E-state index contributed by atoms with van der Waals surface area (Å²) in [5.41, 5.74) is 2.53. The Morgan fingerprint density at radius 1 is 0.615 bits per heavy atom. The summed E-state index contributed by atoms with van der Waals surface area (Å²) in [7, 11) is -4.14.